The van der Waals surface area contributed by atoms with E-state index in [9.17, 15) is 18.9 Å². The van der Waals surface area contributed by atoms with Gasteiger partial charge < -0.3 is 15.4 Å². The van der Waals surface area contributed by atoms with Gasteiger partial charge in [-0.25, -0.2) is 4.79 Å². The maximum absolute atomic E-state index is 12.3. The monoisotopic (exact) mass is 324 g/mol. The molecule has 1 saturated heterocycles. The van der Waals surface area contributed by atoms with Crippen LogP contribution in [-0.2, 0) is 26.5 Å². The van der Waals surface area contributed by atoms with E-state index in [1.807, 2.05) is 0 Å². The molecule has 7 nitrogen and oxygen atoms in total. The molecule has 1 heterocycles. The second kappa shape index (κ2) is 6.37. The van der Waals surface area contributed by atoms with Crippen molar-refractivity contribution in [3.05, 3.63) is 35.4 Å². The minimum absolute atomic E-state index is 0.122. The lowest BCUT2D eigenvalue weighted by atomic mass is 10.1. The molecule has 0 radical (unpaired) electrons. The third-order valence-electron chi connectivity index (χ3n) is 3.59. The number of likely N-dealkylation sites (tertiary alicyclic amines) is 1. The van der Waals surface area contributed by atoms with Crippen molar-refractivity contribution in [2.45, 2.75) is 30.5 Å². The highest BCUT2D eigenvalue weighted by atomic mass is 32.2. The molecule has 1 aromatic rings. The Bertz CT molecular complexity index is 604. The number of rotatable bonds is 6. The molecule has 22 heavy (non-hydrogen) atoms. The summed E-state index contributed by atoms with van der Waals surface area (Å²) in [7, 11) is 0. The fourth-order valence-electron chi connectivity index (χ4n) is 2.23. The third-order valence-corrected chi connectivity index (χ3v) is 5.21. The Morgan fingerprint density at radius 2 is 2.05 bits per heavy atom. The van der Waals surface area contributed by atoms with E-state index in [0.29, 0.717) is 5.56 Å². The molecule has 0 spiro atoms. The Morgan fingerprint density at radius 1 is 1.45 bits per heavy atom. The molecule has 3 unspecified atom stereocenters. The van der Waals surface area contributed by atoms with Gasteiger partial charge in [-0.2, -0.15) is 0 Å². The first-order valence-corrected chi connectivity index (χ1v) is 7.99. The van der Waals surface area contributed by atoms with Gasteiger partial charge in [0.2, 0.25) is 11.8 Å². The van der Waals surface area contributed by atoms with Crippen molar-refractivity contribution in [1.29, 1.82) is 0 Å². The second-order valence-corrected chi connectivity index (χ2v) is 6.66. The Hall–Kier alpha value is -2.06. The molecular formula is C14H16N2O5S. The quantitative estimate of drug-likeness (QED) is 0.566. The number of benzene rings is 1. The van der Waals surface area contributed by atoms with Gasteiger partial charge in [-0.3, -0.25) is 14.5 Å². The van der Waals surface area contributed by atoms with Crippen LogP contribution in [0.3, 0.4) is 0 Å². The van der Waals surface area contributed by atoms with Crippen LogP contribution in [0.15, 0.2) is 24.3 Å². The summed E-state index contributed by atoms with van der Waals surface area (Å²) in [4.78, 5) is 34.8. The highest BCUT2D eigenvalue weighted by molar-refractivity contribution is 7.91. The van der Waals surface area contributed by atoms with Crippen molar-refractivity contribution >= 4 is 29.0 Å². The molecule has 1 aliphatic rings. The zero-order chi connectivity index (χ0) is 16.4. The van der Waals surface area contributed by atoms with Crippen molar-refractivity contribution in [2.24, 2.45) is 5.73 Å². The first-order valence-electron chi connectivity index (χ1n) is 6.61. The minimum atomic E-state index is -1.38. The van der Waals surface area contributed by atoms with Crippen LogP contribution >= 0.6 is 0 Å². The van der Waals surface area contributed by atoms with Crippen LogP contribution in [0.2, 0.25) is 0 Å². The summed E-state index contributed by atoms with van der Waals surface area (Å²) in [5.74, 6) is -1.73. The molecule has 1 aliphatic heterocycles. The van der Waals surface area contributed by atoms with E-state index in [2.05, 4.69) is 0 Å². The van der Waals surface area contributed by atoms with E-state index < -0.39 is 34.5 Å². The van der Waals surface area contributed by atoms with Crippen molar-refractivity contribution in [3.63, 3.8) is 0 Å². The van der Waals surface area contributed by atoms with Crippen LogP contribution in [0.4, 0.5) is 0 Å². The van der Waals surface area contributed by atoms with Crippen LogP contribution in [0.1, 0.15) is 29.3 Å². The lowest BCUT2D eigenvalue weighted by molar-refractivity contribution is -0.149. The number of carboxylic acid groups (broad SMARTS) is 1. The molecule has 0 saturated carbocycles. The first-order chi connectivity index (χ1) is 10.3. The van der Waals surface area contributed by atoms with Gasteiger partial charge in [0.25, 0.3) is 0 Å². The van der Waals surface area contributed by atoms with E-state index in [4.69, 9.17) is 10.8 Å². The summed E-state index contributed by atoms with van der Waals surface area (Å²) >= 11 is -1.38. The summed E-state index contributed by atoms with van der Waals surface area (Å²) in [6, 6.07) is 5.26. The average Bonchev–Trinajstić information content (AvgIpc) is 2.44. The molecule has 1 aromatic carbocycles. The van der Waals surface area contributed by atoms with Gasteiger partial charge in [0.1, 0.15) is 11.8 Å². The van der Waals surface area contributed by atoms with Crippen LogP contribution in [0.25, 0.3) is 0 Å². The molecule has 118 valence electrons. The molecule has 0 aromatic heterocycles. The lowest BCUT2D eigenvalue weighted by Gasteiger charge is -2.42. The standard InChI is InChI=1S/C14H16N2O5S/c1-8(13(15)18)16-11(17)6-12(16)22(21)7-9-2-4-10(5-3-9)14(19)20/h2-5,8,12H,6-7H2,1H3,(H2,15,18)(H,19,20). The first kappa shape index (κ1) is 16.3. The molecule has 8 heteroatoms. The van der Waals surface area contributed by atoms with Crippen molar-refractivity contribution in [3.8, 4) is 0 Å². The highest BCUT2D eigenvalue weighted by Gasteiger charge is 2.48. The fourth-order valence-corrected chi connectivity index (χ4v) is 3.82. The fraction of sp³-hybridized carbons (Fsp3) is 0.357. The predicted octanol–water partition coefficient (Wildman–Crippen LogP) is 0.0657. The number of β-lactam (4-membered cyclic amide) rings is 1. The summed E-state index contributed by atoms with van der Waals surface area (Å²) < 4.78 is 12.3. The number of carbonyl (C=O) groups excluding carboxylic acids is 2. The van der Waals surface area contributed by atoms with Crippen molar-refractivity contribution in [2.75, 3.05) is 0 Å². The number of aromatic carboxylic acids is 1. The van der Waals surface area contributed by atoms with Gasteiger partial charge in [0.05, 0.1) is 12.0 Å². The summed E-state index contributed by atoms with van der Waals surface area (Å²) in [5, 5.41) is 8.29. The number of hydrogen-bond acceptors (Lipinski definition) is 4. The minimum Gasteiger partial charge on any atom is -0.614 e. The number of nitrogens with two attached hydrogens (primary N) is 1. The zero-order valence-electron chi connectivity index (χ0n) is 11.9. The Labute approximate surface area is 130 Å². The number of amides is 2. The second-order valence-electron chi connectivity index (χ2n) is 5.07. The SMILES string of the molecule is CC(C(N)=O)N1C(=O)CC1[S+]([O-])Cc1ccc(C(=O)O)cc1. The van der Waals surface area contributed by atoms with Gasteiger partial charge >= 0.3 is 5.97 Å². The number of primary amides is 1. The predicted molar refractivity (Wildman–Crippen MR) is 79.2 cm³/mol. The smallest absolute Gasteiger partial charge is 0.335 e. The van der Waals surface area contributed by atoms with Crippen molar-refractivity contribution in [1.82, 2.24) is 4.90 Å². The summed E-state index contributed by atoms with van der Waals surface area (Å²) in [6.45, 7) is 1.51. The normalized spacial score (nSPS) is 20.2. The van der Waals surface area contributed by atoms with E-state index in [0.717, 1.165) is 0 Å². The molecule has 0 aliphatic carbocycles. The largest absolute Gasteiger partial charge is 0.614 e. The Balaban J connectivity index is 2.02. The highest BCUT2D eigenvalue weighted by Crippen LogP contribution is 2.29. The average molecular weight is 324 g/mol. The van der Waals surface area contributed by atoms with Gasteiger partial charge in [-0.05, 0) is 30.2 Å². The maximum Gasteiger partial charge on any atom is 0.335 e. The van der Waals surface area contributed by atoms with Crippen LogP contribution < -0.4 is 5.73 Å². The van der Waals surface area contributed by atoms with Crippen LogP contribution in [0.5, 0.6) is 0 Å². The van der Waals surface area contributed by atoms with E-state index >= 15 is 0 Å². The lowest BCUT2D eigenvalue weighted by Crippen LogP contribution is -2.62. The molecule has 0 bridgehead atoms. The molecule has 3 N–H and O–H groups in total. The third kappa shape index (κ3) is 3.23. The van der Waals surface area contributed by atoms with Gasteiger partial charge in [0, 0.05) is 5.56 Å². The number of carboxylic acids is 1. The number of carbonyl (C=O) groups is 3. The van der Waals surface area contributed by atoms with Crippen molar-refractivity contribution < 1.29 is 24.0 Å². The molecule has 3 atom stereocenters. The number of hydrogen-bond donors (Lipinski definition) is 2. The molecular weight excluding hydrogens is 308 g/mol. The molecule has 2 amide bonds. The van der Waals surface area contributed by atoms with Crippen LogP contribution in [0, 0.1) is 0 Å². The summed E-state index contributed by atoms with van der Waals surface area (Å²) in [6.07, 6.45) is 0.122. The Morgan fingerprint density at radius 3 is 2.50 bits per heavy atom. The van der Waals surface area contributed by atoms with E-state index in [1.165, 1.54) is 24.0 Å². The van der Waals surface area contributed by atoms with Crippen LogP contribution in [-0.4, -0.2) is 43.8 Å². The Kier molecular flexibility index (Phi) is 4.72. The zero-order valence-corrected chi connectivity index (χ0v) is 12.7. The van der Waals surface area contributed by atoms with E-state index in [-0.39, 0.29) is 23.6 Å². The topological polar surface area (TPSA) is 124 Å². The van der Waals surface area contributed by atoms with Gasteiger partial charge in [-0.15, -0.1) is 0 Å². The van der Waals surface area contributed by atoms with Gasteiger partial charge in [0.15, 0.2) is 5.37 Å². The van der Waals surface area contributed by atoms with E-state index in [1.54, 1.807) is 12.1 Å². The van der Waals surface area contributed by atoms with Gasteiger partial charge in [-0.1, -0.05) is 12.1 Å². The molecule has 1 fully saturated rings. The number of nitrogens with zero attached hydrogens (tertiary/aromatic N) is 1. The summed E-state index contributed by atoms with van der Waals surface area (Å²) in [5.41, 5.74) is 6.03. The molecule has 2 rings (SSSR count). The maximum atomic E-state index is 12.3.